The Morgan fingerprint density at radius 2 is 1.79 bits per heavy atom. The van der Waals surface area contributed by atoms with Crippen molar-refractivity contribution in [1.82, 2.24) is 10.2 Å². The maximum atomic E-state index is 3.73. The van der Waals surface area contributed by atoms with E-state index in [1.54, 1.807) is 0 Å². The summed E-state index contributed by atoms with van der Waals surface area (Å²) in [6.07, 6.45) is 6.76. The van der Waals surface area contributed by atoms with Gasteiger partial charge >= 0.3 is 0 Å². The lowest BCUT2D eigenvalue weighted by molar-refractivity contribution is 0.109. The summed E-state index contributed by atoms with van der Waals surface area (Å²) < 4.78 is 0. The maximum Gasteiger partial charge on any atom is 0.0239 e. The molecule has 19 heavy (non-hydrogen) atoms. The minimum absolute atomic E-state index is 0.768. The Hall–Kier alpha value is -0.860. The summed E-state index contributed by atoms with van der Waals surface area (Å²) in [5.74, 6) is 0. The van der Waals surface area contributed by atoms with Crippen LogP contribution >= 0.6 is 0 Å². The summed E-state index contributed by atoms with van der Waals surface area (Å²) in [4.78, 5) is 2.76. The topological polar surface area (TPSA) is 15.3 Å². The second-order valence-corrected chi connectivity index (χ2v) is 6.17. The van der Waals surface area contributed by atoms with Gasteiger partial charge in [-0.3, -0.25) is 4.90 Å². The average Bonchev–Trinajstić information content (AvgIpc) is 2.69. The Balaban J connectivity index is 1.60. The minimum Gasteiger partial charge on any atom is -0.314 e. The van der Waals surface area contributed by atoms with Crippen molar-refractivity contribution >= 4 is 0 Å². The Bertz CT molecular complexity index is 376. The van der Waals surface area contributed by atoms with Crippen molar-refractivity contribution in [3.63, 3.8) is 0 Å². The van der Waals surface area contributed by atoms with Gasteiger partial charge in [-0.2, -0.15) is 0 Å². The first kappa shape index (κ1) is 13.1. The van der Waals surface area contributed by atoms with E-state index in [0.717, 1.165) is 24.7 Å². The van der Waals surface area contributed by atoms with Crippen LogP contribution in [0.2, 0.25) is 0 Å². The highest BCUT2D eigenvalue weighted by molar-refractivity contribution is 5.15. The Labute approximate surface area is 117 Å². The van der Waals surface area contributed by atoms with E-state index >= 15 is 0 Å². The number of benzene rings is 1. The molecule has 2 aliphatic rings. The lowest BCUT2D eigenvalue weighted by atomic mass is 9.96. The molecule has 0 spiro atoms. The standard InChI is InChI=1S/C17H26N2/c1-2-10-18-15-11-16-8-9-17(12-15)19(16)13-14-6-4-3-5-7-14/h3-7,15-18H,2,8-13H2,1H3. The van der Waals surface area contributed by atoms with E-state index in [0.29, 0.717) is 0 Å². The first-order valence-electron chi connectivity index (χ1n) is 7.90. The smallest absolute Gasteiger partial charge is 0.0239 e. The molecule has 2 nitrogen and oxygen atoms in total. The van der Waals surface area contributed by atoms with E-state index < -0.39 is 0 Å². The molecule has 2 bridgehead atoms. The third-order valence-corrected chi connectivity index (χ3v) is 4.78. The quantitative estimate of drug-likeness (QED) is 0.872. The molecule has 2 atom stereocenters. The number of hydrogen-bond acceptors (Lipinski definition) is 2. The molecule has 0 radical (unpaired) electrons. The third kappa shape index (κ3) is 3.01. The molecule has 2 unspecified atom stereocenters. The summed E-state index contributed by atoms with van der Waals surface area (Å²) in [6.45, 7) is 4.59. The Morgan fingerprint density at radius 1 is 1.11 bits per heavy atom. The predicted octanol–water partition coefficient (Wildman–Crippen LogP) is 3.18. The van der Waals surface area contributed by atoms with Gasteiger partial charge in [0.25, 0.3) is 0 Å². The van der Waals surface area contributed by atoms with Gasteiger partial charge in [0.05, 0.1) is 0 Å². The highest BCUT2D eigenvalue weighted by Crippen LogP contribution is 2.36. The number of piperidine rings is 1. The molecule has 2 aliphatic heterocycles. The van der Waals surface area contributed by atoms with Crippen LogP contribution in [0.3, 0.4) is 0 Å². The third-order valence-electron chi connectivity index (χ3n) is 4.78. The second-order valence-electron chi connectivity index (χ2n) is 6.17. The molecular formula is C17H26N2. The van der Waals surface area contributed by atoms with Crippen LogP contribution in [0, 0.1) is 0 Å². The van der Waals surface area contributed by atoms with Crippen molar-refractivity contribution in [2.24, 2.45) is 0 Å². The lowest BCUT2D eigenvalue weighted by Crippen LogP contribution is -2.48. The van der Waals surface area contributed by atoms with Crippen molar-refractivity contribution in [3.8, 4) is 0 Å². The van der Waals surface area contributed by atoms with Crippen LogP contribution in [-0.4, -0.2) is 29.6 Å². The molecule has 1 N–H and O–H groups in total. The first-order valence-corrected chi connectivity index (χ1v) is 7.90. The number of hydrogen-bond donors (Lipinski definition) is 1. The highest BCUT2D eigenvalue weighted by atomic mass is 15.2. The van der Waals surface area contributed by atoms with Crippen LogP contribution in [0.4, 0.5) is 0 Å². The SMILES string of the molecule is CCCNC1CC2CCC(C1)N2Cc1ccccc1. The monoisotopic (exact) mass is 258 g/mol. The summed E-state index contributed by atoms with van der Waals surface area (Å²) in [5, 5.41) is 3.73. The van der Waals surface area contributed by atoms with Crippen molar-refractivity contribution in [2.75, 3.05) is 6.54 Å². The van der Waals surface area contributed by atoms with Crippen molar-refractivity contribution in [3.05, 3.63) is 35.9 Å². The molecular weight excluding hydrogens is 232 g/mol. The highest BCUT2D eigenvalue weighted by Gasteiger charge is 2.40. The van der Waals surface area contributed by atoms with Gasteiger partial charge in [0.1, 0.15) is 0 Å². The molecule has 1 aromatic rings. The fourth-order valence-corrected chi connectivity index (χ4v) is 3.84. The van der Waals surface area contributed by atoms with Gasteiger partial charge in [-0.15, -0.1) is 0 Å². The van der Waals surface area contributed by atoms with Crippen LogP contribution in [-0.2, 0) is 6.54 Å². The molecule has 2 heterocycles. The van der Waals surface area contributed by atoms with Gasteiger partial charge in [0.15, 0.2) is 0 Å². The van der Waals surface area contributed by atoms with Crippen LogP contribution in [0.15, 0.2) is 30.3 Å². The van der Waals surface area contributed by atoms with Gasteiger partial charge in [0, 0.05) is 24.7 Å². The lowest BCUT2D eigenvalue weighted by Gasteiger charge is -2.39. The zero-order valence-corrected chi connectivity index (χ0v) is 12.0. The Kier molecular flexibility index (Phi) is 4.19. The first-order chi connectivity index (χ1) is 9.36. The number of fused-ring (bicyclic) bond motifs is 2. The van der Waals surface area contributed by atoms with E-state index in [2.05, 4.69) is 47.5 Å². The van der Waals surface area contributed by atoms with Gasteiger partial charge < -0.3 is 5.32 Å². The van der Waals surface area contributed by atoms with E-state index in [-0.39, 0.29) is 0 Å². The summed E-state index contributed by atoms with van der Waals surface area (Å²) >= 11 is 0. The maximum absolute atomic E-state index is 3.73. The molecule has 0 aliphatic carbocycles. The molecule has 0 amide bonds. The molecule has 104 valence electrons. The van der Waals surface area contributed by atoms with E-state index in [4.69, 9.17) is 0 Å². The molecule has 2 heteroatoms. The second kappa shape index (κ2) is 6.06. The van der Waals surface area contributed by atoms with Crippen molar-refractivity contribution in [2.45, 2.75) is 63.7 Å². The van der Waals surface area contributed by atoms with E-state index in [9.17, 15) is 0 Å². The normalized spacial score (nSPS) is 30.7. The molecule has 2 fully saturated rings. The summed E-state index contributed by atoms with van der Waals surface area (Å²) in [5.41, 5.74) is 1.47. The van der Waals surface area contributed by atoms with E-state index in [1.807, 2.05) is 0 Å². The number of nitrogens with one attached hydrogen (secondary N) is 1. The van der Waals surface area contributed by atoms with Gasteiger partial charge in [-0.1, -0.05) is 37.3 Å². The number of nitrogens with zero attached hydrogens (tertiary/aromatic N) is 1. The Morgan fingerprint density at radius 3 is 2.42 bits per heavy atom. The van der Waals surface area contributed by atoms with Crippen LogP contribution in [0.25, 0.3) is 0 Å². The van der Waals surface area contributed by atoms with Crippen molar-refractivity contribution in [1.29, 1.82) is 0 Å². The summed E-state index contributed by atoms with van der Waals surface area (Å²) in [7, 11) is 0. The fraction of sp³-hybridized carbons (Fsp3) is 0.647. The summed E-state index contributed by atoms with van der Waals surface area (Å²) in [6, 6.07) is 13.4. The van der Waals surface area contributed by atoms with Crippen LogP contribution < -0.4 is 5.32 Å². The fourth-order valence-electron chi connectivity index (χ4n) is 3.84. The van der Waals surface area contributed by atoms with Crippen LogP contribution in [0.5, 0.6) is 0 Å². The van der Waals surface area contributed by atoms with Gasteiger partial charge in [-0.05, 0) is 44.2 Å². The van der Waals surface area contributed by atoms with E-state index in [1.165, 1.54) is 44.2 Å². The zero-order chi connectivity index (χ0) is 13.1. The van der Waals surface area contributed by atoms with Gasteiger partial charge in [0.2, 0.25) is 0 Å². The molecule has 2 saturated heterocycles. The largest absolute Gasteiger partial charge is 0.314 e. The molecule has 0 saturated carbocycles. The van der Waals surface area contributed by atoms with Gasteiger partial charge in [-0.25, -0.2) is 0 Å². The molecule has 0 aromatic heterocycles. The van der Waals surface area contributed by atoms with Crippen molar-refractivity contribution < 1.29 is 0 Å². The average molecular weight is 258 g/mol. The van der Waals surface area contributed by atoms with Crippen LogP contribution in [0.1, 0.15) is 44.6 Å². The minimum atomic E-state index is 0.768. The predicted molar refractivity (Wildman–Crippen MR) is 80.1 cm³/mol. The zero-order valence-electron chi connectivity index (χ0n) is 12.0. The number of rotatable bonds is 5. The molecule has 3 rings (SSSR count). The molecule has 1 aromatic carbocycles.